The number of aromatic nitrogens is 2. The number of benzene rings is 4. The Morgan fingerprint density at radius 2 is 1.03 bits per heavy atom. The molecule has 0 aliphatic carbocycles. The summed E-state index contributed by atoms with van der Waals surface area (Å²) in [5, 5.41) is 19.7. The van der Waals surface area contributed by atoms with Gasteiger partial charge in [0.2, 0.25) is 0 Å². The van der Waals surface area contributed by atoms with E-state index in [9.17, 15) is 64.5 Å². The first kappa shape index (κ1) is 46.9. The molecule has 0 aliphatic rings. The zero-order chi connectivity index (χ0) is 46.9. The highest BCUT2D eigenvalue weighted by Crippen LogP contribution is 2.39. The van der Waals surface area contributed by atoms with Crippen molar-refractivity contribution in [1.82, 2.24) is 9.13 Å². The van der Waals surface area contributed by atoms with E-state index in [1.165, 1.54) is 40.2 Å². The fourth-order valence-electron chi connectivity index (χ4n) is 7.12. The molecule has 4 aromatic carbocycles. The second kappa shape index (κ2) is 18.1. The maximum atomic E-state index is 14.5. The van der Waals surface area contributed by atoms with E-state index in [1.807, 2.05) is 0 Å². The van der Waals surface area contributed by atoms with Crippen LogP contribution in [-0.4, -0.2) is 70.0 Å². The fourth-order valence-corrected chi connectivity index (χ4v) is 7.12. The molecule has 0 aliphatic heterocycles. The number of fused-ring (bicyclic) bond motifs is 2. The van der Waals surface area contributed by atoms with Gasteiger partial charge in [-0.1, -0.05) is 13.8 Å². The quantitative estimate of drug-likeness (QED) is 0.120. The van der Waals surface area contributed by atoms with E-state index in [1.54, 1.807) is 13.8 Å². The van der Waals surface area contributed by atoms with Gasteiger partial charge in [-0.2, -0.15) is 0 Å². The third-order valence-corrected chi connectivity index (χ3v) is 9.78. The van der Waals surface area contributed by atoms with E-state index in [4.69, 9.17) is 9.47 Å². The van der Waals surface area contributed by atoms with Crippen LogP contribution in [0.3, 0.4) is 0 Å². The first-order valence-electron chi connectivity index (χ1n) is 18.4. The molecule has 0 spiro atoms. The van der Waals surface area contributed by atoms with Gasteiger partial charge in [0, 0.05) is 45.4 Å². The molecule has 12 nitrogen and oxygen atoms in total. The highest BCUT2D eigenvalue weighted by Gasteiger charge is 2.34. The second-order valence-electron chi connectivity index (χ2n) is 14.1. The molecule has 0 amide bonds. The van der Waals surface area contributed by atoms with Gasteiger partial charge < -0.3 is 29.2 Å². The Kier molecular flexibility index (Phi) is 13.5. The molecular formula is C43H36F8N2O10. The van der Waals surface area contributed by atoms with E-state index in [-0.39, 0.29) is 51.0 Å². The summed E-state index contributed by atoms with van der Waals surface area (Å²) in [6.45, 7) is 6.46. The van der Waals surface area contributed by atoms with E-state index < -0.39 is 71.9 Å². The molecule has 2 heterocycles. The minimum absolute atomic E-state index is 0.00243. The van der Waals surface area contributed by atoms with Crippen molar-refractivity contribution in [3.05, 3.63) is 118 Å². The Balaban J connectivity index is 0.000000239. The summed E-state index contributed by atoms with van der Waals surface area (Å²) in [4.78, 5) is 49.7. The number of rotatable bonds is 11. The van der Waals surface area contributed by atoms with Gasteiger partial charge in [0.05, 0.1) is 37.6 Å². The summed E-state index contributed by atoms with van der Waals surface area (Å²) in [6, 6.07) is 13.2. The number of methoxy groups -OCH3 is 2. The maximum absolute atomic E-state index is 14.5. The van der Waals surface area contributed by atoms with Crippen molar-refractivity contribution in [3.8, 4) is 23.0 Å². The molecule has 63 heavy (non-hydrogen) atoms. The number of carbonyl (C=O) groups is 4. The molecule has 0 radical (unpaired) electrons. The van der Waals surface area contributed by atoms with Gasteiger partial charge in [0.25, 0.3) is 11.8 Å². The molecule has 0 fully saturated rings. The molecule has 0 saturated heterocycles. The molecule has 6 rings (SSSR count). The van der Waals surface area contributed by atoms with Crippen LogP contribution >= 0.6 is 0 Å². The van der Waals surface area contributed by atoms with E-state index >= 15 is 0 Å². The van der Waals surface area contributed by atoms with Crippen LogP contribution in [0, 0.1) is 31.4 Å². The number of carboxylic acid groups (broad SMARTS) is 2. The minimum atomic E-state index is -4.88. The molecule has 0 bridgehead atoms. The molecule has 20 heteroatoms. The van der Waals surface area contributed by atoms with E-state index in [0.717, 1.165) is 69.8 Å². The molecule has 2 N–H and O–H groups in total. The van der Waals surface area contributed by atoms with Gasteiger partial charge >= 0.3 is 24.7 Å². The van der Waals surface area contributed by atoms with Crippen LogP contribution in [-0.2, 0) is 16.0 Å². The number of aliphatic carboxylic acids is 2. The van der Waals surface area contributed by atoms with Crippen LogP contribution in [0.2, 0.25) is 0 Å². The lowest BCUT2D eigenvalue weighted by molar-refractivity contribution is -0.275. The monoisotopic (exact) mass is 892 g/mol. The summed E-state index contributed by atoms with van der Waals surface area (Å²) in [6.07, 6.45) is -10.2. The van der Waals surface area contributed by atoms with Crippen molar-refractivity contribution in [3.63, 3.8) is 0 Å². The highest BCUT2D eigenvalue weighted by atomic mass is 19.4. The number of ether oxygens (including phenoxy) is 4. The average molecular weight is 893 g/mol. The predicted molar refractivity (Wildman–Crippen MR) is 209 cm³/mol. The van der Waals surface area contributed by atoms with Crippen molar-refractivity contribution in [2.45, 2.75) is 52.8 Å². The predicted octanol–water partition coefficient (Wildman–Crippen LogP) is 9.82. The number of carbonyl (C=O) groups excluding carboxylic acids is 2. The highest BCUT2D eigenvalue weighted by molar-refractivity contribution is 6.06. The topological polar surface area (TPSA) is 156 Å². The zero-order valence-electron chi connectivity index (χ0n) is 33.9. The van der Waals surface area contributed by atoms with Crippen molar-refractivity contribution < 1.29 is 83.5 Å². The van der Waals surface area contributed by atoms with Gasteiger partial charge in [0.15, 0.2) is 23.1 Å². The number of hydrogen-bond acceptors (Lipinski definition) is 8. The molecule has 1 atom stereocenters. The van der Waals surface area contributed by atoms with Gasteiger partial charge in [-0.15, -0.1) is 26.3 Å². The molecule has 6 aromatic rings. The summed E-state index contributed by atoms with van der Waals surface area (Å²) in [5.41, 5.74) is 1.40. The Bertz CT molecular complexity index is 2720. The molecule has 0 saturated carbocycles. The smallest absolute Gasteiger partial charge is 0.494 e. The standard InChI is InChI=1S/C23H21F4NO5.C20H15F4NO5/c1-11(2)19(22(30)31)20-12(3)28(17-10-16(24)18(32-4)9-15(17)20)21(29)13-5-7-14(8-6-13)33-23(25,26)27;1-10-13(8-18(26)27)14-7-17(29-2)15(21)9-16(14)25(10)19(28)11-3-5-12(6-4-11)30-20(22,23)24/h5-11,19H,1-4H3,(H,30,31);3-7,9H,8H2,1-2H3,(H,26,27). The second-order valence-corrected chi connectivity index (χ2v) is 14.1. The Morgan fingerprint density at radius 3 is 1.40 bits per heavy atom. The Labute approximate surface area is 351 Å². The van der Waals surface area contributed by atoms with Crippen molar-refractivity contribution in [2.24, 2.45) is 5.92 Å². The lowest BCUT2D eigenvalue weighted by atomic mass is 9.86. The van der Waals surface area contributed by atoms with Gasteiger partial charge in [0.1, 0.15) is 11.5 Å². The third-order valence-electron chi connectivity index (χ3n) is 9.78. The van der Waals surface area contributed by atoms with Gasteiger partial charge in [-0.25, -0.2) is 8.78 Å². The van der Waals surface area contributed by atoms with Crippen molar-refractivity contribution in [1.29, 1.82) is 0 Å². The first-order chi connectivity index (χ1) is 29.4. The lowest BCUT2D eigenvalue weighted by Crippen LogP contribution is -2.20. The summed E-state index contributed by atoms with van der Waals surface area (Å²) >= 11 is 0. The first-order valence-corrected chi connectivity index (χ1v) is 18.4. The largest absolute Gasteiger partial charge is 0.573 e. The lowest BCUT2D eigenvalue weighted by Gasteiger charge is -2.17. The van der Waals surface area contributed by atoms with Crippen LogP contribution in [0.5, 0.6) is 23.0 Å². The zero-order valence-corrected chi connectivity index (χ0v) is 33.9. The summed E-state index contributed by atoms with van der Waals surface area (Å²) in [5.74, 6) is -7.71. The Hall–Kier alpha value is -7.12. The van der Waals surface area contributed by atoms with Crippen LogP contribution < -0.4 is 18.9 Å². The molecule has 1 unspecified atom stereocenters. The van der Waals surface area contributed by atoms with Crippen LogP contribution in [0.25, 0.3) is 21.8 Å². The van der Waals surface area contributed by atoms with E-state index in [0.29, 0.717) is 21.9 Å². The molecule has 2 aromatic heterocycles. The summed E-state index contributed by atoms with van der Waals surface area (Å²) < 4.78 is 123. The summed E-state index contributed by atoms with van der Waals surface area (Å²) in [7, 11) is 2.52. The van der Waals surface area contributed by atoms with Crippen LogP contribution in [0.4, 0.5) is 35.1 Å². The third kappa shape index (κ3) is 10.2. The molecular weight excluding hydrogens is 856 g/mol. The SMILES string of the molecule is COc1cc2c(C(C(=O)O)C(C)C)c(C)n(C(=O)c3ccc(OC(F)(F)F)cc3)c2cc1F.COc1cc2c(CC(=O)O)c(C)n(C(=O)c3ccc(OC(F)(F)F)cc3)c2cc1F. The number of carboxylic acids is 2. The average Bonchev–Trinajstić information content (AvgIpc) is 3.59. The van der Waals surface area contributed by atoms with Crippen molar-refractivity contribution in [2.75, 3.05) is 14.2 Å². The number of hydrogen-bond donors (Lipinski definition) is 2. The number of nitrogens with zero attached hydrogens (tertiary/aromatic N) is 2. The molecule has 334 valence electrons. The number of halogens is 8. The maximum Gasteiger partial charge on any atom is 0.573 e. The number of alkyl halides is 6. The minimum Gasteiger partial charge on any atom is -0.494 e. The van der Waals surface area contributed by atoms with E-state index in [2.05, 4.69) is 9.47 Å². The normalized spacial score (nSPS) is 12.2. The van der Waals surface area contributed by atoms with Crippen molar-refractivity contribution >= 4 is 45.6 Å². The van der Waals surface area contributed by atoms with Crippen LogP contribution in [0.1, 0.15) is 63.0 Å². The van der Waals surface area contributed by atoms with Gasteiger partial charge in [-0.05, 0) is 91.6 Å². The Morgan fingerprint density at radius 1 is 0.635 bits per heavy atom. The van der Waals surface area contributed by atoms with Crippen LogP contribution in [0.15, 0.2) is 72.8 Å². The van der Waals surface area contributed by atoms with Gasteiger partial charge in [-0.3, -0.25) is 28.3 Å². The fraction of sp³-hybridized carbons (Fsp3) is 0.256.